The summed E-state index contributed by atoms with van der Waals surface area (Å²) in [5, 5.41) is 0. The van der Waals surface area contributed by atoms with Crippen molar-refractivity contribution >= 4 is 0 Å². The minimum Gasteiger partial charge on any atom is -0.295 e. The summed E-state index contributed by atoms with van der Waals surface area (Å²) in [4.78, 5) is 2.33. The number of benzene rings is 1. The predicted octanol–water partition coefficient (Wildman–Crippen LogP) is 3.95. The van der Waals surface area contributed by atoms with Crippen molar-refractivity contribution in [2.45, 2.75) is 32.7 Å². The molecular weight excluding hydrogens is 232 g/mol. The van der Waals surface area contributed by atoms with Crippen LogP contribution < -0.4 is 0 Å². The van der Waals surface area contributed by atoms with Crippen molar-refractivity contribution < 1.29 is 8.78 Å². The summed E-state index contributed by atoms with van der Waals surface area (Å²) >= 11 is 0. The molecule has 0 unspecified atom stereocenters. The number of alkyl halides is 2. The van der Waals surface area contributed by atoms with Gasteiger partial charge in [-0.2, -0.15) is 0 Å². The van der Waals surface area contributed by atoms with Gasteiger partial charge in [-0.25, -0.2) is 8.78 Å². The molecule has 0 saturated carbocycles. The standard InChI is InChI=1S/C15H19F2N/c1-12-7-9-18(10-8-12)11-13-3-5-14(6-4-13)15(2,16)17/h3-7H,8-11H2,1-2H3. The van der Waals surface area contributed by atoms with Crippen LogP contribution >= 0.6 is 0 Å². The molecule has 0 radical (unpaired) electrons. The fraction of sp³-hybridized carbons (Fsp3) is 0.467. The van der Waals surface area contributed by atoms with Crippen molar-refractivity contribution in [2.75, 3.05) is 13.1 Å². The average Bonchev–Trinajstić information content (AvgIpc) is 2.32. The van der Waals surface area contributed by atoms with Gasteiger partial charge >= 0.3 is 0 Å². The number of rotatable bonds is 3. The van der Waals surface area contributed by atoms with Crippen LogP contribution in [0.25, 0.3) is 0 Å². The van der Waals surface area contributed by atoms with Crippen molar-refractivity contribution in [2.24, 2.45) is 0 Å². The van der Waals surface area contributed by atoms with E-state index in [2.05, 4.69) is 17.9 Å². The highest BCUT2D eigenvalue weighted by atomic mass is 19.3. The van der Waals surface area contributed by atoms with Crippen LogP contribution in [0.2, 0.25) is 0 Å². The third kappa shape index (κ3) is 3.39. The van der Waals surface area contributed by atoms with Crippen molar-refractivity contribution in [3.63, 3.8) is 0 Å². The minimum atomic E-state index is -2.75. The highest BCUT2D eigenvalue weighted by molar-refractivity contribution is 5.25. The van der Waals surface area contributed by atoms with Crippen molar-refractivity contribution in [1.82, 2.24) is 4.90 Å². The number of hydrogen-bond acceptors (Lipinski definition) is 1. The van der Waals surface area contributed by atoms with Gasteiger partial charge in [0.2, 0.25) is 0 Å². The summed E-state index contributed by atoms with van der Waals surface area (Å²) in [6.07, 6.45) is 3.34. The van der Waals surface area contributed by atoms with Crippen LogP contribution in [0.1, 0.15) is 31.4 Å². The van der Waals surface area contributed by atoms with Crippen LogP contribution in [0, 0.1) is 0 Å². The Balaban J connectivity index is 1.99. The van der Waals surface area contributed by atoms with E-state index in [4.69, 9.17) is 0 Å². The lowest BCUT2D eigenvalue weighted by molar-refractivity contribution is 0.0174. The zero-order chi connectivity index (χ0) is 13.2. The second-order valence-electron chi connectivity index (χ2n) is 5.12. The van der Waals surface area contributed by atoms with Crippen molar-refractivity contribution in [1.29, 1.82) is 0 Å². The Morgan fingerprint density at radius 2 is 1.89 bits per heavy atom. The Labute approximate surface area is 107 Å². The molecule has 0 spiro atoms. The maximum atomic E-state index is 13.1. The molecule has 0 bridgehead atoms. The van der Waals surface area contributed by atoms with E-state index >= 15 is 0 Å². The van der Waals surface area contributed by atoms with Gasteiger partial charge in [-0.05, 0) is 18.9 Å². The molecule has 3 heteroatoms. The molecule has 0 N–H and O–H groups in total. The van der Waals surface area contributed by atoms with Gasteiger partial charge in [0.1, 0.15) is 0 Å². The van der Waals surface area contributed by atoms with Gasteiger partial charge in [-0.3, -0.25) is 4.90 Å². The molecule has 0 amide bonds. The molecule has 2 rings (SSSR count). The molecule has 1 aliphatic heterocycles. The monoisotopic (exact) mass is 251 g/mol. The SMILES string of the molecule is CC1=CCN(Cc2ccc(C(C)(F)F)cc2)CC1. The second kappa shape index (κ2) is 5.19. The maximum absolute atomic E-state index is 13.1. The quantitative estimate of drug-likeness (QED) is 0.735. The average molecular weight is 251 g/mol. The van der Waals surface area contributed by atoms with E-state index in [1.165, 1.54) is 17.7 Å². The molecule has 1 aromatic rings. The van der Waals surface area contributed by atoms with E-state index < -0.39 is 5.92 Å². The summed E-state index contributed by atoms with van der Waals surface area (Å²) in [5.41, 5.74) is 2.61. The van der Waals surface area contributed by atoms with Gasteiger partial charge in [-0.1, -0.05) is 35.9 Å². The molecule has 0 saturated heterocycles. The molecule has 1 aromatic carbocycles. The molecule has 1 nitrogen and oxygen atoms in total. The number of halogens is 2. The van der Waals surface area contributed by atoms with Crippen molar-refractivity contribution in [3.8, 4) is 0 Å². The van der Waals surface area contributed by atoms with E-state index in [-0.39, 0.29) is 5.56 Å². The molecule has 0 aliphatic carbocycles. The summed E-state index contributed by atoms with van der Waals surface area (Å²) in [5.74, 6) is -2.75. The molecule has 98 valence electrons. The van der Waals surface area contributed by atoms with Gasteiger partial charge in [0, 0.05) is 32.1 Å². The Morgan fingerprint density at radius 3 is 2.39 bits per heavy atom. The number of nitrogens with zero attached hydrogens (tertiary/aromatic N) is 1. The largest absolute Gasteiger partial charge is 0.295 e. The van der Waals surface area contributed by atoms with Crippen molar-refractivity contribution in [3.05, 3.63) is 47.0 Å². The molecule has 1 heterocycles. The first kappa shape index (κ1) is 13.2. The van der Waals surface area contributed by atoms with Gasteiger partial charge in [0.15, 0.2) is 0 Å². The van der Waals surface area contributed by atoms with E-state index in [0.29, 0.717) is 0 Å². The third-order valence-corrected chi connectivity index (χ3v) is 3.39. The Hall–Kier alpha value is -1.22. The smallest absolute Gasteiger partial charge is 0.270 e. The predicted molar refractivity (Wildman–Crippen MR) is 69.7 cm³/mol. The lowest BCUT2D eigenvalue weighted by Gasteiger charge is -2.25. The fourth-order valence-electron chi connectivity index (χ4n) is 2.12. The van der Waals surface area contributed by atoms with Gasteiger partial charge in [-0.15, -0.1) is 0 Å². The van der Waals surface area contributed by atoms with Crippen LogP contribution in [0.3, 0.4) is 0 Å². The van der Waals surface area contributed by atoms with Crippen LogP contribution in [0.5, 0.6) is 0 Å². The van der Waals surface area contributed by atoms with E-state index in [1.807, 2.05) is 0 Å². The first-order valence-electron chi connectivity index (χ1n) is 6.30. The zero-order valence-electron chi connectivity index (χ0n) is 10.9. The Bertz CT molecular complexity index is 429. The summed E-state index contributed by atoms with van der Waals surface area (Å²) in [6.45, 7) is 5.92. The van der Waals surface area contributed by atoms with Gasteiger partial charge in [0.05, 0.1) is 0 Å². The molecule has 0 fully saturated rings. The zero-order valence-corrected chi connectivity index (χ0v) is 10.9. The highest BCUT2D eigenvalue weighted by Crippen LogP contribution is 2.27. The van der Waals surface area contributed by atoms with Gasteiger partial charge < -0.3 is 0 Å². The van der Waals surface area contributed by atoms with E-state index in [0.717, 1.165) is 38.5 Å². The van der Waals surface area contributed by atoms with Crippen LogP contribution in [-0.2, 0) is 12.5 Å². The second-order valence-corrected chi connectivity index (χ2v) is 5.12. The Morgan fingerprint density at radius 1 is 1.22 bits per heavy atom. The molecular formula is C15H19F2N. The summed E-state index contributed by atoms with van der Waals surface area (Å²) in [6, 6.07) is 6.66. The topological polar surface area (TPSA) is 3.24 Å². The van der Waals surface area contributed by atoms with Crippen LogP contribution in [0.15, 0.2) is 35.9 Å². The lowest BCUT2D eigenvalue weighted by atomic mass is 10.1. The lowest BCUT2D eigenvalue weighted by Crippen LogP contribution is -2.27. The fourth-order valence-corrected chi connectivity index (χ4v) is 2.12. The highest BCUT2D eigenvalue weighted by Gasteiger charge is 2.23. The first-order chi connectivity index (χ1) is 8.45. The summed E-state index contributed by atoms with van der Waals surface area (Å²) in [7, 11) is 0. The third-order valence-electron chi connectivity index (χ3n) is 3.39. The molecule has 18 heavy (non-hydrogen) atoms. The van der Waals surface area contributed by atoms with E-state index in [1.54, 1.807) is 12.1 Å². The normalized spacial score (nSPS) is 17.7. The minimum absolute atomic E-state index is 0.0839. The summed E-state index contributed by atoms with van der Waals surface area (Å²) < 4.78 is 26.1. The maximum Gasteiger partial charge on any atom is 0.270 e. The van der Waals surface area contributed by atoms with E-state index in [9.17, 15) is 8.78 Å². The van der Waals surface area contributed by atoms with Crippen LogP contribution in [0.4, 0.5) is 8.78 Å². The molecule has 0 aromatic heterocycles. The van der Waals surface area contributed by atoms with Crippen LogP contribution in [-0.4, -0.2) is 18.0 Å². The number of hydrogen-bond donors (Lipinski definition) is 0. The van der Waals surface area contributed by atoms with Gasteiger partial charge in [0.25, 0.3) is 5.92 Å². The Kier molecular flexibility index (Phi) is 3.81. The molecule has 1 aliphatic rings. The molecule has 0 atom stereocenters. The first-order valence-corrected chi connectivity index (χ1v) is 6.30.